The number of para-hydroxylation sites is 2. The van der Waals surface area contributed by atoms with Crippen LogP contribution in [0.5, 0.6) is 0 Å². The van der Waals surface area contributed by atoms with Gasteiger partial charge in [0, 0.05) is 55.6 Å². The lowest BCUT2D eigenvalue weighted by molar-refractivity contribution is 0.669. The summed E-state index contributed by atoms with van der Waals surface area (Å²) in [6.45, 7) is 0. The molecule has 0 saturated carbocycles. The summed E-state index contributed by atoms with van der Waals surface area (Å²) in [5.41, 5.74) is 18.4. The molecule has 13 aromatic rings. The Morgan fingerprint density at radius 3 is 1.60 bits per heavy atom. The largest absolute Gasteiger partial charge is 0.456 e. The minimum Gasteiger partial charge on any atom is -0.456 e. The number of furan rings is 2. The van der Waals surface area contributed by atoms with E-state index in [1.165, 1.54) is 44.3 Å². The fraction of sp³-hybridized carbons (Fsp3) is 0.0154. The van der Waals surface area contributed by atoms with Gasteiger partial charge in [-0.3, -0.25) is 0 Å². The third-order valence-corrected chi connectivity index (χ3v) is 14.4. The van der Waals surface area contributed by atoms with E-state index in [4.69, 9.17) is 8.83 Å². The van der Waals surface area contributed by atoms with E-state index in [9.17, 15) is 0 Å². The molecule has 0 bridgehead atoms. The standard InChI is InChI=1S/C65H41NO2/c1-3-16-45(17-4-1)65(46-18-5-2-6-19-46)58-26-11-9-22-57(58)62-50(23-14-27-59(62)65)43-29-34-47(35-30-43)66(49-38-40-54-53-21-10-12-28-60(53)67-61(54)41-49)48-36-31-44(32-37-48)52-24-13-25-55-56-39-33-42-15-7-8-20-51(42)64(56)68-63(52)55/h1-41H. The molecule has 1 aliphatic carbocycles. The van der Waals surface area contributed by atoms with Crippen molar-refractivity contribution in [1.29, 1.82) is 0 Å². The molecular weight excluding hydrogens is 827 g/mol. The van der Waals surface area contributed by atoms with Crippen LogP contribution in [0.15, 0.2) is 258 Å². The van der Waals surface area contributed by atoms with Gasteiger partial charge in [-0.05, 0) is 104 Å². The average Bonchev–Trinajstić information content (AvgIpc) is 4.08. The van der Waals surface area contributed by atoms with E-state index >= 15 is 0 Å². The molecule has 3 nitrogen and oxygen atoms in total. The van der Waals surface area contributed by atoms with Gasteiger partial charge in [-0.15, -0.1) is 0 Å². The quantitative estimate of drug-likeness (QED) is 0.160. The Balaban J connectivity index is 0.903. The van der Waals surface area contributed by atoms with Crippen molar-refractivity contribution in [3.8, 4) is 33.4 Å². The maximum atomic E-state index is 6.76. The van der Waals surface area contributed by atoms with Crippen LogP contribution in [0.2, 0.25) is 0 Å². The molecule has 318 valence electrons. The van der Waals surface area contributed by atoms with Crippen molar-refractivity contribution in [1.82, 2.24) is 0 Å². The van der Waals surface area contributed by atoms with Gasteiger partial charge in [-0.1, -0.05) is 194 Å². The fourth-order valence-corrected chi connectivity index (χ4v) is 11.4. The highest BCUT2D eigenvalue weighted by Gasteiger charge is 2.46. The first-order chi connectivity index (χ1) is 33.7. The first-order valence-electron chi connectivity index (χ1n) is 23.3. The predicted octanol–water partition coefficient (Wildman–Crippen LogP) is 17.8. The molecule has 2 heterocycles. The Bertz CT molecular complexity index is 4030. The van der Waals surface area contributed by atoms with Crippen LogP contribution in [-0.2, 0) is 5.41 Å². The zero-order valence-electron chi connectivity index (χ0n) is 36.9. The Kier molecular flexibility index (Phi) is 8.50. The highest BCUT2D eigenvalue weighted by molar-refractivity contribution is 6.17. The van der Waals surface area contributed by atoms with Crippen LogP contribution < -0.4 is 4.90 Å². The number of nitrogens with zero attached hydrogens (tertiary/aromatic N) is 1. The summed E-state index contributed by atoms with van der Waals surface area (Å²) in [5, 5.41) is 6.75. The predicted molar refractivity (Wildman–Crippen MR) is 281 cm³/mol. The van der Waals surface area contributed by atoms with Crippen LogP contribution in [0.25, 0.3) is 88.0 Å². The summed E-state index contributed by atoms with van der Waals surface area (Å²) in [6.07, 6.45) is 0. The molecule has 0 fully saturated rings. The fourth-order valence-electron chi connectivity index (χ4n) is 11.4. The monoisotopic (exact) mass is 867 g/mol. The normalized spacial score (nSPS) is 12.8. The third kappa shape index (κ3) is 5.66. The summed E-state index contributed by atoms with van der Waals surface area (Å²) in [6, 6.07) is 89.9. The lowest BCUT2D eigenvalue weighted by atomic mass is 9.67. The summed E-state index contributed by atoms with van der Waals surface area (Å²) < 4.78 is 13.2. The van der Waals surface area contributed by atoms with E-state index in [2.05, 4.69) is 241 Å². The number of hydrogen-bond acceptors (Lipinski definition) is 3. The van der Waals surface area contributed by atoms with Crippen molar-refractivity contribution >= 4 is 71.7 Å². The maximum Gasteiger partial charge on any atom is 0.143 e. The van der Waals surface area contributed by atoms with Gasteiger partial charge in [0.2, 0.25) is 0 Å². The maximum absolute atomic E-state index is 6.76. The van der Waals surface area contributed by atoms with Gasteiger partial charge in [-0.2, -0.15) is 0 Å². The molecule has 0 spiro atoms. The van der Waals surface area contributed by atoms with Gasteiger partial charge in [0.25, 0.3) is 0 Å². The molecule has 0 saturated heterocycles. The average molecular weight is 868 g/mol. The zero-order chi connectivity index (χ0) is 44.8. The number of benzene rings is 11. The Morgan fingerprint density at radius 2 is 0.838 bits per heavy atom. The highest BCUT2D eigenvalue weighted by Crippen LogP contribution is 2.58. The third-order valence-electron chi connectivity index (χ3n) is 14.4. The summed E-state index contributed by atoms with van der Waals surface area (Å²) >= 11 is 0. The van der Waals surface area contributed by atoms with E-state index in [1.54, 1.807) is 0 Å². The SMILES string of the molecule is c1ccc(C2(c3ccccc3)c3ccccc3-c3c(-c4ccc(N(c5ccc(-c6cccc7c6oc6c8ccccc8ccc76)cc5)c5ccc6c(c5)oc5ccccc56)cc4)cccc32)cc1. The smallest absolute Gasteiger partial charge is 0.143 e. The summed E-state index contributed by atoms with van der Waals surface area (Å²) in [7, 11) is 0. The second-order valence-corrected chi connectivity index (χ2v) is 17.9. The van der Waals surface area contributed by atoms with E-state index < -0.39 is 5.41 Å². The number of anilines is 3. The van der Waals surface area contributed by atoms with Crippen LogP contribution in [0.4, 0.5) is 17.1 Å². The van der Waals surface area contributed by atoms with Crippen molar-refractivity contribution < 1.29 is 8.83 Å². The van der Waals surface area contributed by atoms with E-state index in [0.717, 1.165) is 83.0 Å². The summed E-state index contributed by atoms with van der Waals surface area (Å²) in [4.78, 5) is 2.33. The number of rotatable bonds is 7. The van der Waals surface area contributed by atoms with Gasteiger partial charge >= 0.3 is 0 Å². The lowest BCUT2D eigenvalue weighted by Crippen LogP contribution is -2.28. The molecule has 0 unspecified atom stereocenters. The second-order valence-electron chi connectivity index (χ2n) is 17.9. The molecule has 14 rings (SSSR count). The molecule has 0 N–H and O–H groups in total. The molecule has 3 heteroatoms. The van der Waals surface area contributed by atoms with Crippen LogP contribution >= 0.6 is 0 Å². The van der Waals surface area contributed by atoms with Gasteiger partial charge in [-0.25, -0.2) is 0 Å². The molecule has 0 amide bonds. The van der Waals surface area contributed by atoms with E-state index in [1.807, 2.05) is 12.1 Å². The Morgan fingerprint density at radius 1 is 0.309 bits per heavy atom. The highest BCUT2D eigenvalue weighted by atomic mass is 16.3. The molecule has 0 aliphatic heterocycles. The van der Waals surface area contributed by atoms with Gasteiger partial charge in [0.05, 0.1) is 5.41 Å². The molecule has 2 aromatic heterocycles. The van der Waals surface area contributed by atoms with Crippen molar-refractivity contribution in [3.05, 3.63) is 271 Å². The van der Waals surface area contributed by atoms with Crippen molar-refractivity contribution in [2.24, 2.45) is 0 Å². The van der Waals surface area contributed by atoms with Gasteiger partial charge in [0.15, 0.2) is 0 Å². The minimum absolute atomic E-state index is 0.465. The lowest BCUT2D eigenvalue weighted by Gasteiger charge is -2.34. The molecule has 11 aromatic carbocycles. The van der Waals surface area contributed by atoms with Crippen molar-refractivity contribution in [3.63, 3.8) is 0 Å². The Hall–Kier alpha value is -8.92. The first kappa shape index (κ1) is 38.4. The Labute approximate surface area is 393 Å². The molecule has 1 aliphatic rings. The van der Waals surface area contributed by atoms with Crippen LogP contribution in [0, 0.1) is 0 Å². The topological polar surface area (TPSA) is 29.5 Å². The number of hydrogen-bond donors (Lipinski definition) is 0. The first-order valence-corrected chi connectivity index (χ1v) is 23.3. The van der Waals surface area contributed by atoms with Gasteiger partial charge < -0.3 is 13.7 Å². The minimum atomic E-state index is -0.465. The molecule has 0 radical (unpaired) electrons. The summed E-state index contributed by atoms with van der Waals surface area (Å²) in [5.74, 6) is 0. The number of fused-ring (bicyclic) bond motifs is 11. The van der Waals surface area contributed by atoms with Gasteiger partial charge in [0.1, 0.15) is 22.3 Å². The molecule has 0 atom stereocenters. The molecular formula is C65H41NO2. The van der Waals surface area contributed by atoms with E-state index in [-0.39, 0.29) is 0 Å². The van der Waals surface area contributed by atoms with E-state index in [0.29, 0.717) is 0 Å². The van der Waals surface area contributed by atoms with Crippen LogP contribution in [0.3, 0.4) is 0 Å². The van der Waals surface area contributed by atoms with Crippen molar-refractivity contribution in [2.75, 3.05) is 4.90 Å². The van der Waals surface area contributed by atoms with Crippen molar-refractivity contribution in [2.45, 2.75) is 5.41 Å². The van der Waals surface area contributed by atoms with Crippen LogP contribution in [-0.4, -0.2) is 0 Å². The molecule has 68 heavy (non-hydrogen) atoms. The second kappa shape index (κ2) is 15.1. The zero-order valence-corrected chi connectivity index (χ0v) is 36.9. The van der Waals surface area contributed by atoms with Crippen LogP contribution in [0.1, 0.15) is 22.3 Å².